The van der Waals surface area contributed by atoms with Crippen molar-refractivity contribution in [3.05, 3.63) is 47.9 Å². The van der Waals surface area contributed by atoms with Crippen LogP contribution in [-0.4, -0.2) is 0 Å². The van der Waals surface area contributed by atoms with Gasteiger partial charge < -0.3 is 0 Å². The Hall–Kier alpha value is -1.08. The zero-order valence-electron chi connectivity index (χ0n) is 5.91. The molecule has 0 aliphatic carbocycles. The molecule has 0 aliphatic rings. The highest BCUT2D eigenvalue weighted by atomic mass is 35.5. The van der Waals surface area contributed by atoms with E-state index in [-0.39, 0.29) is 0 Å². The van der Waals surface area contributed by atoms with Crippen LogP contribution in [0, 0.1) is 0 Å². The van der Waals surface area contributed by atoms with Crippen LogP contribution in [0.1, 0.15) is 5.76 Å². The van der Waals surface area contributed by atoms with Crippen LogP contribution in [0.25, 0.3) is 6.08 Å². The Morgan fingerprint density at radius 3 is 2.82 bits per heavy atom. The van der Waals surface area contributed by atoms with Gasteiger partial charge in [0.2, 0.25) is 0 Å². The van der Waals surface area contributed by atoms with Gasteiger partial charge in [0.05, 0.1) is 0 Å². The first-order valence-corrected chi connectivity index (χ1v) is 3.67. The van der Waals surface area contributed by atoms with E-state index in [0.717, 1.165) is 5.76 Å². The van der Waals surface area contributed by atoms with Gasteiger partial charge in [-0.05, 0) is 6.07 Å². The van der Waals surface area contributed by atoms with E-state index in [2.05, 4.69) is 0 Å². The number of rotatable bonds is 2. The molecule has 56 valence electrons. The fraction of sp³-hybridized carbons (Fsp3) is 0. The van der Waals surface area contributed by atoms with Crippen LogP contribution in [-0.2, 0) is 0 Å². The lowest BCUT2D eigenvalue weighted by molar-refractivity contribution is 0.539. The maximum Gasteiger partial charge on any atom is 0.352 e. The number of allylic oxidation sites excluding steroid dienone is 2. The minimum Gasteiger partial charge on any atom is -0.216 e. The minimum absolute atomic E-state index is 0.808. The van der Waals surface area contributed by atoms with E-state index >= 15 is 0 Å². The first kappa shape index (κ1) is 8.02. The van der Waals surface area contributed by atoms with Gasteiger partial charge in [-0.2, -0.15) is 0 Å². The molecule has 0 saturated heterocycles. The number of hydrogen-bond donors (Lipinski definition) is 0. The molecule has 0 fully saturated rings. The highest BCUT2D eigenvalue weighted by Crippen LogP contribution is 2.00. The van der Waals surface area contributed by atoms with Crippen LogP contribution in [0.15, 0.2) is 46.6 Å². The molecule has 1 heterocycles. The Kier molecular flexibility index (Phi) is 3.42. The summed E-state index contributed by atoms with van der Waals surface area (Å²) in [5, 5.41) is 0. The van der Waals surface area contributed by atoms with E-state index in [0.29, 0.717) is 0 Å². The van der Waals surface area contributed by atoms with Gasteiger partial charge in [0.1, 0.15) is 0 Å². The lowest BCUT2D eigenvalue weighted by Gasteiger charge is -1.74. The van der Waals surface area contributed by atoms with E-state index in [9.17, 15) is 0 Å². The van der Waals surface area contributed by atoms with E-state index in [1.807, 2.05) is 30.4 Å². The largest absolute Gasteiger partial charge is 0.352 e. The normalized spacial score (nSPS) is 11.4. The highest BCUT2D eigenvalue weighted by molar-refractivity contribution is 6.25. The van der Waals surface area contributed by atoms with Crippen molar-refractivity contribution in [3.8, 4) is 0 Å². The maximum absolute atomic E-state index is 5.31. The second kappa shape index (κ2) is 4.69. The molecule has 0 aliphatic heterocycles. The summed E-state index contributed by atoms with van der Waals surface area (Å²) >= 11 is 5.31. The summed E-state index contributed by atoms with van der Waals surface area (Å²) < 4.78 is 5.11. The molecule has 1 aromatic heterocycles. The summed E-state index contributed by atoms with van der Waals surface area (Å²) in [5.74, 6) is 0.808. The van der Waals surface area contributed by atoms with Gasteiger partial charge in [0.15, 0.2) is 0 Å². The molecule has 0 atom stereocenters. The third kappa shape index (κ3) is 3.01. The fourth-order valence-corrected chi connectivity index (χ4v) is 0.724. The van der Waals surface area contributed by atoms with Crippen molar-refractivity contribution in [2.24, 2.45) is 0 Å². The average molecular weight is 168 g/mol. The van der Waals surface area contributed by atoms with E-state index < -0.39 is 0 Å². The van der Waals surface area contributed by atoms with Crippen LogP contribution in [0.5, 0.6) is 0 Å². The second-order valence-electron chi connectivity index (χ2n) is 1.89. The molecule has 2 heteroatoms. The summed E-state index contributed by atoms with van der Waals surface area (Å²) in [6.45, 7) is 0. The van der Waals surface area contributed by atoms with Crippen LogP contribution in [0.3, 0.4) is 0 Å². The third-order valence-electron chi connectivity index (χ3n) is 1.10. The van der Waals surface area contributed by atoms with E-state index in [1.165, 1.54) is 5.54 Å². The molecule has 1 rings (SSSR count). The standard InChI is InChI=1S/C9H8ClO/c10-7-3-1-5-9-6-2-4-8-11-9/h1-8H/q+1. The fourth-order valence-electron chi connectivity index (χ4n) is 0.640. The second-order valence-corrected chi connectivity index (χ2v) is 2.14. The summed E-state index contributed by atoms with van der Waals surface area (Å²) in [7, 11) is 0. The highest BCUT2D eigenvalue weighted by Gasteiger charge is 1.95. The molecule has 0 N–H and O–H groups in total. The van der Waals surface area contributed by atoms with Crippen molar-refractivity contribution in [1.82, 2.24) is 0 Å². The monoisotopic (exact) mass is 167 g/mol. The van der Waals surface area contributed by atoms with E-state index in [1.54, 1.807) is 12.3 Å². The molecular formula is C9H8ClO+. The first-order chi connectivity index (χ1) is 5.43. The average Bonchev–Trinajstić information content (AvgIpc) is 2.07. The van der Waals surface area contributed by atoms with Crippen molar-refractivity contribution in [3.63, 3.8) is 0 Å². The van der Waals surface area contributed by atoms with Gasteiger partial charge >= 0.3 is 12.0 Å². The molecule has 0 amide bonds. The Bertz CT molecular complexity index is 252. The van der Waals surface area contributed by atoms with Gasteiger partial charge in [-0.15, -0.1) is 0 Å². The first-order valence-electron chi connectivity index (χ1n) is 3.24. The van der Waals surface area contributed by atoms with Crippen molar-refractivity contribution < 1.29 is 4.42 Å². The molecule has 0 bridgehead atoms. The zero-order valence-corrected chi connectivity index (χ0v) is 6.66. The summed E-state index contributed by atoms with van der Waals surface area (Å²) in [6.07, 6.45) is 7.00. The Morgan fingerprint density at radius 2 is 2.18 bits per heavy atom. The van der Waals surface area contributed by atoms with Crippen LogP contribution >= 0.6 is 11.6 Å². The van der Waals surface area contributed by atoms with Crippen LogP contribution in [0.4, 0.5) is 0 Å². The Labute approximate surface area is 70.6 Å². The number of halogens is 1. The van der Waals surface area contributed by atoms with Crippen molar-refractivity contribution >= 4 is 17.7 Å². The smallest absolute Gasteiger partial charge is 0.216 e. The van der Waals surface area contributed by atoms with Gasteiger partial charge in [-0.3, -0.25) is 0 Å². The molecule has 1 nitrogen and oxygen atoms in total. The lowest BCUT2D eigenvalue weighted by Crippen LogP contribution is -1.66. The summed E-state index contributed by atoms with van der Waals surface area (Å²) in [6, 6.07) is 5.61. The van der Waals surface area contributed by atoms with Crippen LogP contribution in [0.2, 0.25) is 0 Å². The lowest BCUT2D eigenvalue weighted by atomic mass is 10.3. The summed E-state index contributed by atoms with van der Waals surface area (Å²) in [4.78, 5) is 0. The molecule has 11 heavy (non-hydrogen) atoms. The van der Waals surface area contributed by atoms with Gasteiger partial charge in [0.25, 0.3) is 0 Å². The van der Waals surface area contributed by atoms with Crippen LogP contribution < -0.4 is 0 Å². The predicted molar refractivity (Wildman–Crippen MR) is 47.1 cm³/mol. The molecule has 0 spiro atoms. The van der Waals surface area contributed by atoms with Crippen molar-refractivity contribution in [2.75, 3.05) is 0 Å². The minimum atomic E-state index is 0.808. The molecule has 0 saturated carbocycles. The Balaban J connectivity index is 2.64. The third-order valence-corrected chi connectivity index (χ3v) is 1.24. The Morgan fingerprint density at radius 1 is 1.27 bits per heavy atom. The molecular weight excluding hydrogens is 160 g/mol. The van der Waals surface area contributed by atoms with E-state index in [4.69, 9.17) is 16.0 Å². The summed E-state index contributed by atoms with van der Waals surface area (Å²) in [5.41, 5.74) is 1.44. The van der Waals surface area contributed by atoms with Crippen molar-refractivity contribution in [2.45, 2.75) is 0 Å². The van der Waals surface area contributed by atoms with Gasteiger partial charge in [-0.1, -0.05) is 23.8 Å². The molecule has 0 radical (unpaired) electrons. The SMILES string of the molecule is ClC=CC=Cc1cccc[o+]1. The quantitative estimate of drug-likeness (QED) is 0.486. The van der Waals surface area contributed by atoms with Gasteiger partial charge in [-0.25, -0.2) is 4.42 Å². The van der Waals surface area contributed by atoms with Gasteiger partial charge in [0, 0.05) is 23.7 Å². The maximum atomic E-state index is 5.31. The molecule has 0 aromatic carbocycles. The van der Waals surface area contributed by atoms with Crippen molar-refractivity contribution in [1.29, 1.82) is 0 Å². The predicted octanol–water partition coefficient (Wildman–Crippen LogP) is 3.33. The molecule has 1 aromatic rings. The number of hydrogen-bond acceptors (Lipinski definition) is 0. The topological polar surface area (TPSA) is 11.3 Å². The molecule has 0 unspecified atom stereocenters. The zero-order chi connectivity index (χ0) is 7.94.